The molecule has 0 unspecified atom stereocenters. The number of anilines is 1. The first-order chi connectivity index (χ1) is 9.60. The van der Waals surface area contributed by atoms with Gasteiger partial charge in [-0.15, -0.1) is 0 Å². The number of halogens is 1. The molecule has 0 bridgehead atoms. The second-order valence-corrected chi connectivity index (χ2v) is 4.48. The Kier molecular flexibility index (Phi) is 4.32. The predicted octanol–water partition coefficient (Wildman–Crippen LogP) is 2.35. The first kappa shape index (κ1) is 14.0. The highest BCUT2D eigenvalue weighted by atomic mass is 19.1. The molecule has 0 aliphatic heterocycles. The minimum atomic E-state index is -0.291. The summed E-state index contributed by atoms with van der Waals surface area (Å²) in [6.07, 6.45) is 0. The molecule has 0 atom stereocenters. The van der Waals surface area contributed by atoms with Crippen molar-refractivity contribution in [2.75, 3.05) is 5.43 Å². The third-order valence-corrected chi connectivity index (χ3v) is 3.01. The maximum Gasteiger partial charge on any atom is 0.251 e. The first-order valence-corrected chi connectivity index (χ1v) is 6.20. The second kappa shape index (κ2) is 6.16. The number of nitrogens with one attached hydrogen (secondary N) is 2. The summed E-state index contributed by atoms with van der Waals surface area (Å²) >= 11 is 0. The molecule has 2 aromatic carbocycles. The molecular formula is C15H16FN3O. The fraction of sp³-hybridized carbons (Fsp3) is 0.133. The molecule has 104 valence electrons. The normalized spacial score (nSPS) is 10.2. The molecular weight excluding hydrogens is 257 g/mol. The number of carbonyl (C=O) groups excluding carboxylic acids is 1. The van der Waals surface area contributed by atoms with Gasteiger partial charge in [0.25, 0.3) is 5.91 Å². The van der Waals surface area contributed by atoms with E-state index in [1.54, 1.807) is 30.3 Å². The predicted molar refractivity (Wildman–Crippen MR) is 76.6 cm³/mol. The monoisotopic (exact) mass is 273 g/mol. The molecule has 1 amide bonds. The summed E-state index contributed by atoms with van der Waals surface area (Å²) in [5.74, 6) is 4.87. The van der Waals surface area contributed by atoms with Crippen molar-refractivity contribution in [3.8, 4) is 0 Å². The molecule has 0 saturated carbocycles. The largest absolute Gasteiger partial charge is 0.348 e. The third-order valence-electron chi connectivity index (χ3n) is 3.01. The summed E-state index contributed by atoms with van der Waals surface area (Å²) in [6, 6.07) is 11.2. The maximum absolute atomic E-state index is 12.8. The van der Waals surface area contributed by atoms with Crippen LogP contribution >= 0.6 is 0 Å². The van der Waals surface area contributed by atoms with Gasteiger partial charge in [0.05, 0.1) is 5.69 Å². The molecule has 0 spiro atoms. The van der Waals surface area contributed by atoms with Crippen molar-refractivity contribution >= 4 is 11.6 Å². The van der Waals surface area contributed by atoms with Crippen LogP contribution in [-0.2, 0) is 6.54 Å². The average molecular weight is 273 g/mol. The van der Waals surface area contributed by atoms with E-state index in [-0.39, 0.29) is 11.7 Å². The number of hydrazine groups is 1. The van der Waals surface area contributed by atoms with E-state index in [1.165, 1.54) is 12.1 Å². The van der Waals surface area contributed by atoms with Gasteiger partial charge in [-0.25, -0.2) is 4.39 Å². The van der Waals surface area contributed by atoms with Crippen LogP contribution in [0.3, 0.4) is 0 Å². The third kappa shape index (κ3) is 3.33. The molecule has 0 radical (unpaired) electrons. The van der Waals surface area contributed by atoms with Gasteiger partial charge in [-0.05, 0) is 48.4 Å². The highest BCUT2D eigenvalue weighted by Gasteiger charge is 2.07. The Morgan fingerprint density at radius 2 is 1.90 bits per heavy atom. The number of aryl methyl sites for hydroxylation is 1. The number of nitrogens with two attached hydrogens (primary N) is 1. The molecule has 5 heteroatoms. The van der Waals surface area contributed by atoms with Crippen molar-refractivity contribution < 1.29 is 9.18 Å². The minimum absolute atomic E-state index is 0.180. The van der Waals surface area contributed by atoms with E-state index in [0.717, 1.165) is 16.8 Å². The summed E-state index contributed by atoms with van der Waals surface area (Å²) in [4.78, 5) is 12.0. The second-order valence-electron chi connectivity index (χ2n) is 4.48. The van der Waals surface area contributed by atoms with Crippen LogP contribution in [0, 0.1) is 12.7 Å². The SMILES string of the molecule is Cc1cc(C(=O)NCc2ccc(F)cc2)ccc1NN. The zero-order valence-electron chi connectivity index (χ0n) is 11.1. The number of hydrogen-bond acceptors (Lipinski definition) is 3. The van der Waals surface area contributed by atoms with Crippen LogP contribution < -0.4 is 16.6 Å². The van der Waals surface area contributed by atoms with E-state index in [0.29, 0.717) is 12.1 Å². The summed E-state index contributed by atoms with van der Waals surface area (Å²) in [5, 5.41) is 2.79. The summed E-state index contributed by atoms with van der Waals surface area (Å²) in [6.45, 7) is 2.22. The van der Waals surface area contributed by atoms with Gasteiger partial charge in [-0.3, -0.25) is 10.6 Å². The Morgan fingerprint density at radius 3 is 2.50 bits per heavy atom. The van der Waals surface area contributed by atoms with Gasteiger partial charge in [0.1, 0.15) is 5.82 Å². The average Bonchev–Trinajstić information content (AvgIpc) is 2.46. The number of benzene rings is 2. The zero-order chi connectivity index (χ0) is 14.5. The topological polar surface area (TPSA) is 67.2 Å². The van der Waals surface area contributed by atoms with Crippen LogP contribution in [0.15, 0.2) is 42.5 Å². The smallest absolute Gasteiger partial charge is 0.251 e. The van der Waals surface area contributed by atoms with Crippen LogP contribution in [0.1, 0.15) is 21.5 Å². The lowest BCUT2D eigenvalue weighted by molar-refractivity contribution is 0.0951. The van der Waals surface area contributed by atoms with Gasteiger partial charge in [0.2, 0.25) is 0 Å². The molecule has 4 nitrogen and oxygen atoms in total. The Hall–Kier alpha value is -2.40. The van der Waals surface area contributed by atoms with E-state index in [2.05, 4.69) is 10.7 Å². The van der Waals surface area contributed by atoms with Gasteiger partial charge in [0, 0.05) is 12.1 Å². The number of rotatable bonds is 4. The van der Waals surface area contributed by atoms with E-state index >= 15 is 0 Å². The molecule has 0 saturated heterocycles. The van der Waals surface area contributed by atoms with Crippen LogP contribution in [-0.4, -0.2) is 5.91 Å². The molecule has 0 heterocycles. The lowest BCUT2D eigenvalue weighted by Gasteiger charge is -2.09. The van der Waals surface area contributed by atoms with Crippen LogP contribution in [0.2, 0.25) is 0 Å². The van der Waals surface area contributed by atoms with Crippen LogP contribution in [0.4, 0.5) is 10.1 Å². The van der Waals surface area contributed by atoms with E-state index < -0.39 is 0 Å². The van der Waals surface area contributed by atoms with Gasteiger partial charge in [0.15, 0.2) is 0 Å². The number of nitrogen functional groups attached to an aromatic ring is 1. The van der Waals surface area contributed by atoms with E-state index in [1.807, 2.05) is 6.92 Å². The van der Waals surface area contributed by atoms with Crippen molar-refractivity contribution in [3.05, 3.63) is 65.0 Å². The minimum Gasteiger partial charge on any atom is -0.348 e. The van der Waals surface area contributed by atoms with Crippen LogP contribution in [0.25, 0.3) is 0 Å². The van der Waals surface area contributed by atoms with E-state index in [4.69, 9.17) is 5.84 Å². The lowest BCUT2D eigenvalue weighted by Crippen LogP contribution is -2.23. The summed E-state index contributed by atoms with van der Waals surface area (Å²) in [5.41, 5.74) is 5.63. The maximum atomic E-state index is 12.8. The Morgan fingerprint density at radius 1 is 1.20 bits per heavy atom. The molecule has 0 aliphatic carbocycles. The molecule has 0 aliphatic rings. The van der Waals surface area contributed by atoms with Crippen molar-refractivity contribution in [1.29, 1.82) is 0 Å². The van der Waals surface area contributed by atoms with Gasteiger partial charge in [-0.2, -0.15) is 0 Å². The lowest BCUT2D eigenvalue weighted by atomic mass is 10.1. The van der Waals surface area contributed by atoms with Gasteiger partial charge < -0.3 is 10.7 Å². The number of hydrogen-bond donors (Lipinski definition) is 3. The fourth-order valence-corrected chi connectivity index (χ4v) is 1.85. The van der Waals surface area contributed by atoms with Crippen molar-refractivity contribution in [3.63, 3.8) is 0 Å². The fourth-order valence-electron chi connectivity index (χ4n) is 1.85. The highest BCUT2D eigenvalue weighted by molar-refractivity contribution is 5.94. The molecule has 20 heavy (non-hydrogen) atoms. The molecule has 0 aromatic heterocycles. The number of amides is 1. The van der Waals surface area contributed by atoms with E-state index in [9.17, 15) is 9.18 Å². The standard InChI is InChI=1S/C15H16FN3O/c1-10-8-12(4-7-14(10)19-17)15(20)18-9-11-2-5-13(16)6-3-11/h2-8,19H,9,17H2,1H3,(H,18,20). The highest BCUT2D eigenvalue weighted by Crippen LogP contribution is 2.15. The quantitative estimate of drug-likeness (QED) is 0.591. The molecule has 0 fully saturated rings. The van der Waals surface area contributed by atoms with Gasteiger partial charge >= 0.3 is 0 Å². The number of carbonyl (C=O) groups is 1. The Balaban J connectivity index is 2.01. The van der Waals surface area contributed by atoms with Gasteiger partial charge in [-0.1, -0.05) is 12.1 Å². The molecule has 4 N–H and O–H groups in total. The molecule has 2 rings (SSSR count). The summed E-state index contributed by atoms with van der Waals surface area (Å²) < 4.78 is 12.8. The van der Waals surface area contributed by atoms with Crippen molar-refractivity contribution in [2.45, 2.75) is 13.5 Å². The Bertz CT molecular complexity index is 611. The van der Waals surface area contributed by atoms with Crippen molar-refractivity contribution in [2.24, 2.45) is 5.84 Å². The zero-order valence-corrected chi connectivity index (χ0v) is 11.1. The first-order valence-electron chi connectivity index (χ1n) is 6.20. The van der Waals surface area contributed by atoms with Crippen molar-refractivity contribution in [1.82, 2.24) is 5.32 Å². The molecule has 2 aromatic rings. The summed E-state index contributed by atoms with van der Waals surface area (Å²) in [7, 11) is 0. The Labute approximate surface area is 116 Å². The van der Waals surface area contributed by atoms with Crippen LogP contribution in [0.5, 0.6) is 0 Å².